The van der Waals surface area contributed by atoms with Crippen molar-refractivity contribution in [3.63, 3.8) is 0 Å². The molecule has 7 nitrogen and oxygen atoms in total. The number of carbonyl (C=O) groups is 3. The van der Waals surface area contributed by atoms with E-state index in [0.717, 1.165) is 5.56 Å². The summed E-state index contributed by atoms with van der Waals surface area (Å²) in [5, 5.41) is 10.9. The lowest BCUT2D eigenvalue weighted by atomic mass is 9.90. The van der Waals surface area contributed by atoms with E-state index in [1.807, 2.05) is 30.3 Å². The number of amides is 2. The summed E-state index contributed by atoms with van der Waals surface area (Å²) in [4.78, 5) is 38.4. The minimum Gasteiger partial charge on any atom is -0.480 e. The van der Waals surface area contributed by atoms with Gasteiger partial charge in [0, 0.05) is 0 Å². The lowest BCUT2D eigenvalue weighted by Gasteiger charge is -2.31. The van der Waals surface area contributed by atoms with Gasteiger partial charge in [-0.1, -0.05) is 30.3 Å². The van der Waals surface area contributed by atoms with Crippen molar-refractivity contribution in [2.24, 2.45) is 5.92 Å². The minimum atomic E-state index is -1.25. The highest BCUT2D eigenvalue weighted by molar-refractivity contribution is 6.10. The maximum Gasteiger partial charge on any atom is 0.327 e. The number of hydroxylamine groups is 1. The van der Waals surface area contributed by atoms with Crippen molar-refractivity contribution >= 4 is 17.8 Å². The van der Waals surface area contributed by atoms with Crippen molar-refractivity contribution in [3.05, 3.63) is 35.9 Å². The molecule has 7 heteroatoms. The Labute approximate surface area is 108 Å². The summed E-state index contributed by atoms with van der Waals surface area (Å²) < 4.78 is 0. The molecular weight excluding hydrogens is 252 g/mol. The van der Waals surface area contributed by atoms with Gasteiger partial charge in [-0.2, -0.15) is 0 Å². The Bertz CT molecular complexity index is 502. The van der Waals surface area contributed by atoms with Crippen molar-refractivity contribution < 1.29 is 24.3 Å². The van der Waals surface area contributed by atoms with Gasteiger partial charge in [-0.05, 0) is 5.56 Å². The van der Waals surface area contributed by atoms with Gasteiger partial charge >= 0.3 is 5.97 Å². The van der Waals surface area contributed by atoms with Crippen molar-refractivity contribution in [1.82, 2.24) is 10.8 Å². The van der Waals surface area contributed by atoms with Crippen molar-refractivity contribution in [3.8, 4) is 0 Å². The van der Waals surface area contributed by atoms with E-state index in [2.05, 4.69) is 10.8 Å². The van der Waals surface area contributed by atoms with E-state index in [0.29, 0.717) is 0 Å². The molecule has 3 N–H and O–H groups in total. The van der Waals surface area contributed by atoms with Gasteiger partial charge in [0.05, 0.1) is 6.61 Å². The van der Waals surface area contributed by atoms with E-state index < -0.39 is 29.7 Å². The van der Waals surface area contributed by atoms with Crippen LogP contribution in [0.4, 0.5) is 0 Å². The second kappa shape index (κ2) is 5.49. The van der Waals surface area contributed by atoms with Crippen LogP contribution in [0, 0.1) is 5.92 Å². The van der Waals surface area contributed by atoms with Gasteiger partial charge in [0.15, 0.2) is 0 Å². The second-order valence-electron chi connectivity index (χ2n) is 4.04. The molecule has 0 saturated carbocycles. The molecule has 1 heterocycles. The van der Waals surface area contributed by atoms with Crippen LogP contribution in [0.25, 0.3) is 0 Å². The van der Waals surface area contributed by atoms with E-state index in [1.165, 1.54) is 0 Å². The summed E-state index contributed by atoms with van der Waals surface area (Å²) in [5.41, 5.74) is 2.93. The molecule has 1 aliphatic rings. The lowest BCUT2D eigenvalue weighted by molar-refractivity contribution is -0.162. The molecule has 2 atom stereocenters. The average Bonchev–Trinajstić information content (AvgIpc) is 2.36. The highest BCUT2D eigenvalue weighted by Gasteiger charge is 2.49. The average molecular weight is 264 g/mol. The smallest absolute Gasteiger partial charge is 0.327 e. The zero-order valence-electron chi connectivity index (χ0n) is 9.83. The summed E-state index contributed by atoms with van der Waals surface area (Å²) in [6.07, 6.45) is 0. The van der Waals surface area contributed by atoms with Crippen molar-refractivity contribution in [2.75, 3.05) is 0 Å². The zero-order chi connectivity index (χ0) is 13.8. The molecule has 0 aliphatic carbocycles. The predicted octanol–water partition coefficient (Wildman–Crippen LogP) is -0.566. The maximum atomic E-state index is 11.6. The zero-order valence-corrected chi connectivity index (χ0v) is 9.83. The monoisotopic (exact) mass is 264 g/mol. The molecule has 1 aromatic rings. The standard InChI is InChI=1S/C12H12N2O5/c15-10-8(9(13-10)12(17)18)11(16)14-19-6-7-4-2-1-3-5-7/h1-5,8-9H,6H2,(H,13,15)(H,14,16)(H,17,18). The van der Waals surface area contributed by atoms with E-state index >= 15 is 0 Å². The highest BCUT2D eigenvalue weighted by atomic mass is 16.6. The van der Waals surface area contributed by atoms with Gasteiger partial charge in [-0.25, -0.2) is 10.3 Å². The molecule has 1 aliphatic heterocycles. The van der Waals surface area contributed by atoms with Crippen LogP contribution in [-0.4, -0.2) is 28.9 Å². The molecule has 0 aromatic heterocycles. The van der Waals surface area contributed by atoms with Gasteiger partial charge in [0.25, 0.3) is 5.91 Å². The molecule has 2 amide bonds. The number of rotatable bonds is 5. The van der Waals surface area contributed by atoms with Gasteiger partial charge in [0.2, 0.25) is 5.91 Å². The number of hydrogen-bond donors (Lipinski definition) is 3. The molecule has 19 heavy (non-hydrogen) atoms. The maximum absolute atomic E-state index is 11.6. The molecular formula is C12H12N2O5. The van der Waals surface area contributed by atoms with Gasteiger partial charge < -0.3 is 10.4 Å². The van der Waals surface area contributed by atoms with Crippen LogP contribution in [0.15, 0.2) is 30.3 Å². The second-order valence-corrected chi connectivity index (χ2v) is 4.04. The number of carboxylic acid groups (broad SMARTS) is 1. The Kier molecular flexibility index (Phi) is 3.76. The molecule has 0 spiro atoms. The Morgan fingerprint density at radius 3 is 2.58 bits per heavy atom. The fourth-order valence-corrected chi connectivity index (χ4v) is 1.68. The number of β-lactam (4-membered cyclic amide) rings is 1. The minimum absolute atomic E-state index is 0.138. The number of nitrogens with one attached hydrogen (secondary N) is 2. The van der Waals surface area contributed by atoms with Crippen LogP contribution in [-0.2, 0) is 25.8 Å². The number of aliphatic carboxylic acids is 1. The van der Waals surface area contributed by atoms with Gasteiger partial charge in [0.1, 0.15) is 12.0 Å². The summed E-state index contributed by atoms with van der Waals surface area (Å²) in [6.45, 7) is 0.138. The normalized spacial score (nSPS) is 21.2. The third kappa shape index (κ3) is 2.89. The Hall–Kier alpha value is -2.41. The molecule has 2 unspecified atom stereocenters. The lowest BCUT2D eigenvalue weighted by Crippen LogP contribution is -2.66. The van der Waals surface area contributed by atoms with E-state index in [-0.39, 0.29) is 6.61 Å². The molecule has 0 bridgehead atoms. The molecule has 0 radical (unpaired) electrons. The van der Waals surface area contributed by atoms with Crippen LogP contribution >= 0.6 is 0 Å². The molecule has 1 aromatic carbocycles. The first-order valence-corrected chi connectivity index (χ1v) is 5.58. The molecule has 2 rings (SSSR count). The number of hydrogen-bond acceptors (Lipinski definition) is 4. The van der Waals surface area contributed by atoms with Crippen molar-refractivity contribution in [2.45, 2.75) is 12.6 Å². The first kappa shape index (κ1) is 13.0. The topological polar surface area (TPSA) is 105 Å². The van der Waals surface area contributed by atoms with E-state index in [4.69, 9.17) is 9.94 Å². The first-order valence-electron chi connectivity index (χ1n) is 5.58. The van der Waals surface area contributed by atoms with Crippen LogP contribution in [0.5, 0.6) is 0 Å². The number of carbonyl (C=O) groups excluding carboxylic acids is 2. The predicted molar refractivity (Wildman–Crippen MR) is 62.4 cm³/mol. The van der Waals surface area contributed by atoms with Gasteiger partial charge in [-0.15, -0.1) is 0 Å². The van der Waals surface area contributed by atoms with E-state index in [9.17, 15) is 14.4 Å². The number of carboxylic acids is 1. The Morgan fingerprint density at radius 1 is 1.32 bits per heavy atom. The van der Waals surface area contributed by atoms with Crippen LogP contribution in [0.2, 0.25) is 0 Å². The summed E-state index contributed by atoms with van der Waals surface area (Å²) in [7, 11) is 0. The molecule has 100 valence electrons. The van der Waals surface area contributed by atoms with Crippen molar-refractivity contribution in [1.29, 1.82) is 0 Å². The third-order valence-electron chi connectivity index (χ3n) is 2.72. The fourth-order valence-electron chi connectivity index (χ4n) is 1.68. The third-order valence-corrected chi connectivity index (χ3v) is 2.72. The Morgan fingerprint density at radius 2 is 2.00 bits per heavy atom. The van der Waals surface area contributed by atoms with E-state index in [1.54, 1.807) is 0 Å². The van der Waals surface area contributed by atoms with Crippen LogP contribution in [0.1, 0.15) is 5.56 Å². The highest BCUT2D eigenvalue weighted by Crippen LogP contribution is 2.15. The summed E-state index contributed by atoms with van der Waals surface area (Å²) in [6, 6.07) is 7.91. The summed E-state index contributed by atoms with van der Waals surface area (Å²) in [5.74, 6) is -3.86. The molecule has 1 fully saturated rings. The van der Waals surface area contributed by atoms with Crippen LogP contribution < -0.4 is 10.8 Å². The Balaban J connectivity index is 1.81. The fraction of sp³-hybridized carbons (Fsp3) is 0.250. The quantitative estimate of drug-likeness (QED) is 0.375. The summed E-state index contributed by atoms with van der Waals surface area (Å²) >= 11 is 0. The number of benzene rings is 1. The largest absolute Gasteiger partial charge is 0.480 e. The van der Waals surface area contributed by atoms with Crippen LogP contribution in [0.3, 0.4) is 0 Å². The SMILES string of the molecule is O=C(O)C1NC(=O)C1C(=O)NOCc1ccccc1. The first-order chi connectivity index (χ1) is 9.09. The van der Waals surface area contributed by atoms with Gasteiger partial charge in [-0.3, -0.25) is 14.4 Å². The molecule has 1 saturated heterocycles.